The summed E-state index contributed by atoms with van der Waals surface area (Å²) in [6, 6.07) is 28.0. The van der Waals surface area contributed by atoms with Crippen molar-refractivity contribution < 1.29 is 13.2 Å². The third kappa shape index (κ3) is 2.19. The number of benzene rings is 5. The molecule has 0 N–H and O–H groups in total. The van der Waals surface area contributed by atoms with Gasteiger partial charge in [0.05, 0.1) is 16.6 Å². The molecular formula is C33H17BF2N2O. The Labute approximate surface area is 220 Å². The first-order valence-corrected chi connectivity index (χ1v) is 13.1. The lowest BCUT2D eigenvalue weighted by Gasteiger charge is -2.24. The highest BCUT2D eigenvalue weighted by molar-refractivity contribution is 7.02. The molecule has 5 aromatic carbocycles. The number of rotatable bonds is 0. The van der Waals surface area contributed by atoms with Gasteiger partial charge in [-0.3, -0.25) is 8.97 Å². The zero-order valence-corrected chi connectivity index (χ0v) is 20.7. The number of fused-ring (bicyclic) bond motifs is 14. The molecule has 2 aliphatic rings. The molecule has 0 saturated carbocycles. The number of furan rings is 1. The highest BCUT2D eigenvalue weighted by atomic mass is 19.2. The Hall–Kier alpha value is -4.84. The minimum Gasteiger partial charge on any atom is -0.456 e. The van der Waals surface area contributed by atoms with Gasteiger partial charge in [0.25, 0.3) is 0 Å². The van der Waals surface area contributed by atoms with Crippen molar-refractivity contribution in [2.75, 3.05) is 0 Å². The summed E-state index contributed by atoms with van der Waals surface area (Å²) in [6.07, 6.45) is 0. The van der Waals surface area contributed by atoms with Crippen LogP contribution in [0.5, 0.6) is 0 Å². The molecule has 0 bridgehead atoms. The zero-order chi connectivity index (χ0) is 25.7. The van der Waals surface area contributed by atoms with E-state index in [4.69, 9.17) is 4.42 Å². The van der Waals surface area contributed by atoms with Crippen molar-refractivity contribution in [2.45, 2.75) is 6.92 Å². The molecule has 0 atom stereocenters. The molecule has 3 aromatic heterocycles. The van der Waals surface area contributed by atoms with E-state index >= 15 is 0 Å². The first kappa shape index (κ1) is 20.2. The van der Waals surface area contributed by atoms with Crippen molar-refractivity contribution in [1.82, 2.24) is 8.97 Å². The number of nitrogens with zero attached hydrogens (tertiary/aromatic N) is 2. The molecular weight excluding hydrogens is 489 g/mol. The first-order valence-electron chi connectivity index (χ1n) is 13.1. The fourth-order valence-electron chi connectivity index (χ4n) is 7.49. The fraction of sp³-hybridized carbons (Fsp3) is 0.0303. The van der Waals surface area contributed by atoms with Gasteiger partial charge in [0, 0.05) is 27.9 Å². The molecule has 0 amide bonds. The number of hydrogen-bond acceptors (Lipinski definition) is 1. The number of halogens is 2. The summed E-state index contributed by atoms with van der Waals surface area (Å²) in [5.41, 5.74) is 14.0. The largest absolute Gasteiger partial charge is 0.456 e. The topological polar surface area (TPSA) is 22.5 Å². The standard InChI is InChI=1S/C33H17BF2N2O/c1-16-11-20-18-9-10-28-30(19-5-2-3-8-27(19)39-28)32(18)34-21-6-4-7-24-33(21)38(26(12-16)31(20)34)29-14-17-13-22(35)23(36)15-25(17)37(24)29/h2-15H,1H3. The quantitative estimate of drug-likeness (QED) is 0.221. The summed E-state index contributed by atoms with van der Waals surface area (Å²) in [4.78, 5) is 0. The predicted molar refractivity (Wildman–Crippen MR) is 154 cm³/mol. The van der Waals surface area contributed by atoms with Crippen LogP contribution in [0.4, 0.5) is 8.78 Å². The van der Waals surface area contributed by atoms with Gasteiger partial charge in [0.1, 0.15) is 16.8 Å². The Morgan fingerprint density at radius 2 is 1.62 bits per heavy atom. The Bertz CT molecular complexity index is 2440. The number of aryl methyl sites for hydroxylation is 1. The molecule has 6 heteroatoms. The van der Waals surface area contributed by atoms with Crippen molar-refractivity contribution in [3.8, 4) is 16.8 Å². The zero-order valence-electron chi connectivity index (χ0n) is 20.7. The van der Waals surface area contributed by atoms with Crippen molar-refractivity contribution in [3.05, 3.63) is 102 Å². The van der Waals surface area contributed by atoms with Crippen molar-refractivity contribution >= 4 is 72.6 Å². The molecule has 5 heterocycles. The molecule has 2 aliphatic heterocycles. The molecule has 0 radical (unpaired) electrons. The molecule has 39 heavy (non-hydrogen) atoms. The van der Waals surface area contributed by atoms with Gasteiger partial charge in [-0.05, 0) is 76.4 Å². The fourth-order valence-corrected chi connectivity index (χ4v) is 7.49. The summed E-state index contributed by atoms with van der Waals surface area (Å²) < 4.78 is 39.4. The van der Waals surface area contributed by atoms with Crippen molar-refractivity contribution in [2.24, 2.45) is 0 Å². The van der Waals surface area contributed by atoms with Crippen molar-refractivity contribution in [3.63, 3.8) is 0 Å². The number of hydrogen-bond donors (Lipinski definition) is 0. The van der Waals surface area contributed by atoms with Crippen LogP contribution in [0.25, 0.3) is 66.3 Å². The third-order valence-corrected chi connectivity index (χ3v) is 8.87. The lowest BCUT2D eigenvalue weighted by Crippen LogP contribution is -2.53. The highest BCUT2D eigenvalue weighted by Gasteiger charge is 2.43. The lowest BCUT2D eigenvalue weighted by atomic mass is 9.37. The highest BCUT2D eigenvalue weighted by Crippen LogP contribution is 2.40. The second-order valence-electron chi connectivity index (χ2n) is 10.9. The van der Waals surface area contributed by atoms with Gasteiger partial charge < -0.3 is 4.42 Å². The van der Waals surface area contributed by atoms with E-state index in [2.05, 4.69) is 70.5 Å². The summed E-state index contributed by atoms with van der Waals surface area (Å²) in [7, 11) is 0. The monoisotopic (exact) mass is 506 g/mol. The average molecular weight is 506 g/mol. The maximum Gasteiger partial charge on any atom is 0.249 e. The van der Waals surface area contributed by atoms with Crippen LogP contribution < -0.4 is 16.4 Å². The van der Waals surface area contributed by atoms with E-state index in [9.17, 15) is 8.78 Å². The van der Waals surface area contributed by atoms with E-state index in [1.807, 2.05) is 18.2 Å². The van der Waals surface area contributed by atoms with E-state index in [0.29, 0.717) is 10.9 Å². The van der Waals surface area contributed by atoms with Gasteiger partial charge in [-0.1, -0.05) is 42.5 Å². The molecule has 0 spiro atoms. The van der Waals surface area contributed by atoms with Gasteiger partial charge in [-0.2, -0.15) is 0 Å². The van der Waals surface area contributed by atoms with Gasteiger partial charge >= 0.3 is 0 Å². The minimum atomic E-state index is -0.838. The number of aromatic nitrogens is 2. The summed E-state index contributed by atoms with van der Waals surface area (Å²) >= 11 is 0. The molecule has 8 aromatic rings. The SMILES string of the molecule is Cc1cc2c3c(c1)-n1c4c(cccc4n4c5cc(F)c(F)cc5cc14)B3c1c-2ccc2oc3ccccc3c12. The lowest BCUT2D eigenvalue weighted by molar-refractivity contribution is 0.511. The second-order valence-corrected chi connectivity index (χ2v) is 10.9. The van der Waals surface area contributed by atoms with E-state index in [-0.39, 0.29) is 6.71 Å². The number of imidazole rings is 1. The van der Waals surface area contributed by atoms with Gasteiger partial charge in [0.2, 0.25) is 6.71 Å². The van der Waals surface area contributed by atoms with E-state index < -0.39 is 11.6 Å². The van der Waals surface area contributed by atoms with Crippen LogP contribution in [0.15, 0.2) is 89.3 Å². The van der Waals surface area contributed by atoms with Gasteiger partial charge in [-0.25, -0.2) is 8.78 Å². The molecule has 0 unspecified atom stereocenters. The van der Waals surface area contributed by atoms with Crippen LogP contribution in [0.3, 0.4) is 0 Å². The summed E-state index contributed by atoms with van der Waals surface area (Å²) in [5, 5.41) is 2.97. The Morgan fingerprint density at radius 1 is 0.744 bits per heavy atom. The van der Waals surface area contributed by atoms with E-state index in [1.165, 1.54) is 50.6 Å². The minimum absolute atomic E-state index is 0.0338. The van der Waals surface area contributed by atoms with E-state index in [0.717, 1.165) is 38.9 Å². The smallest absolute Gasteiger partial charge is 0.249 e. The Morgan fingerprint density at radius 3 is 2.54 bits per heavy atom. The average Bonchev–Trinajstić information content (AvgIpc) is 3.66. The first-order chi connectivity index (χ1) is 19.1. The molecule has 0 fully saturated rings. The normalized spacial score (nSPS) is 13.5. The van der Waals surface area contributed by atoms with Crippen LogP contribution >= 0.6 is 0 Å². The number of para-hydroxylation sites is 2. The maximum absolute atomic E-state index is 14.5. The van der Waals surface area contributed by atoms with Crippen LogP contribution in [0.2, 0.25) is 0 Å². The molecule has 10 rings (SSSR count). The van der Waals surface area contributed by atoms with Crippen LogP contribution in [0.1, 0.15) is 5.56 Å². The predicted octanol–water partition coefficient (Wildman–Crippen LogP) is 6.33. The third-order valence-electron chi connectivity index (χ3n) is 8.87. The molecule has 0 aliphatic carbocycles. The Kier molecular flexibility index (Phi) is 3.31. The van der Waals surface area contributed by atoms with Crippen LogP contribution in [-0.2, 0) is 0 Å². The molecule has 3 nitrogen and oxygen atoms in total. The van der Waals surface area contributed by atoms with E-state index in [1.54, 1.807) is 0 Å². The van der Waals surface area contributed by atoms with Gasteiger partial charge in [-0.15, -0.1) is 0 Å². The van der Waals surface area contributed by atoms with Crippen LogP contribution in [-0.4, -0.2) is 15.7 Å². The summed E-state index contributed by atoms with van der Waals surface area (Å²) in [5.74, 6) is -1.67. The van der Waals surface area contributed by atoms with Crippen molar-refractivity contribution in [1.29, 1.82) is 0 Å². The second kappa shape index (κ2) is 6.41. The molecule has 0 saturated heterocycles. The Balaban J connectivity index is 1.44. The van der Waals surface area contributed by atoms with Gasteiger partial charge in [0.15, 0.2) is 11.6 Å². The summed E-state index contributed by atoms with van der Waals surface area (Å²) in [6.45, 7) is 2.17. The van der Waals surface area contributed by atoms with Crippen LogP contribution in [0, 0.1) is 18.6 Å². The molecule has 182 valence electrons. The maximum atomic E-state index is 14.5.